The summed E-state index contributed by atoms with van der Waals surface area (Å²) in [4.78, 5) is 17.0. The Kier molecular flexibility index (Phi) is 9.55. The highest BCUT2D eigenvalue weighted by atomic mass is 32.2. The number of carbonyl (C=O) groups excluding carboxylic acids is 1. The van der Waals surface area contributed by atoms with E-state index in [4.69, 9.17) is 4.74 Å². The van der Waals surface area contributed by atoms with Crippen molar-refractivity contribution in [2.75, 3.05) is 18.6 Å². The summed E-state index contributed by atoms with van der Waals surface area (Å²) >= 11 is 1.06. The van der Waals surface area contributed by atoms with Gasteiger partial charge >= 0.3 is 0 Å². The molecule has 3 rings (SSSR count). The molecule has 1 amide bonds. The first-order valence-corrected chi connectivity index (χ1v) is 14.4. The van der Waals surface area contributed by atoms with Gasteiger partial charge in [-0.15, -0.1) is 0 Å². The lowest BCUT2D eigenvalue weighted by molar-refractivity contribution is -0.146. The molecule has 0 saturated carbocycles. The SMILES string of the molecule is CCCCOc1ccc(S(=O)(=O)CC(O)(C(=O)NO)C(SC)c2nccn2Cc2ccccc2)cc1. The van der Waals surface area contributed by atoms with Gasteiger partial charge in [-0.05, 0) is 42.5 Å². The number of sulfone groups is 1. The van der Waals surface area contributed by atoms with Crippen LogP contribution in [0.3, 0.4) is 0 Å². The van der Waals surface area contributed by atoms with Crippen molar-refractivity contribution in [3.63, 3.8) is 0 Å². The first kappa shape index (κ1) is 27.7. The van der Waals surface area contributed by atoms with Gasteiger partial charge in [-0.25, -0.2) is 18.9 Å². The number of aliphatic hydroxyl groups is 1. The number of imidazole rings is 1. The molecule has 3 aromatic rings. The highest BCUT2D eigenvalue weighted by molar-refractivity contribution is 7.99. The molecule has 0 aliphatic carbocycles. The number of nitrogens with zero attached hydrogens (tertiary/aromatic N) is 2. The standard InChI is InChI=1S/C25H31N3O6S2/c1-3-4-16-34-20-10-12-21(13-11-20)36(32,33)18-25(30,24(29)27-31)22(35-2)23-26-14-15-28(23)17-19-8-6-5-7-9-19/h5-15,22,30-31H,3-4,16-18H2,1-2H3,(H,27,29). The van der Waals surface area contributed by atoms with Crippen LogP contribution >= 0.6 is 11.8 Å². The van der Waals surface area contributed by atoms with E-state index in [9.17, 15) is 23.5 Å². The van der Waals surface area contributed by atoms with Crippen LogP contribution in [0.25, 0.3) is 0 Å². The second-order valence-electron chi connectivity index (χ2n) is 8.31. The fourth-order valence-electron chi connectivity index (χ4n) is 3.79. The van der Waals surface area contributed by atoms with Crippen LogP contribution in [0.1, 0.15) is 36.4 Å². The maximum Gasteiger partial charge on any atom is 0.277 e. The number of nitrogens with one attached hydrogen (secondary N) is 1. The molecule has 2 aromatic carbocycles. The van der Waals surface area contributed by atoms with E-state index < -0.39 is 32.3 Å². The van der Waals surface area contributed by atoms with Crippen molar-refractivity contribution in [1.82, 2.24) is 15.0 Å². The van der Waals surface area contributed by atoms with E-state index in [2.05, 4.69) is 4.98 Å². The Bertz CT molecular complexity index is 1230. The predicted octanol–water partition coefficient (Wildman–Crippen LogP) is 3.22. The maximum absolute atomic E-state index is 13.3. The van der Waals surface area contributed by atoms with Crippen LogP contribution in [0, 0.1) is 0 Å². The molecule has 1 aromatic heterocycles. The quantitative estimate of drug-likeness (QED) is 0.173. The number of thioether (sulfide) groups is 1. The number of hydroxylamine groups is 1. The Balaban J connectivity index is 1.91. The minimum absolute atomic E-state index is 0.0815. The van der Waals surface area contributed by atoms with Crippen LogP contribution in [0.5, 0.6) is 5.75 Å². The van der Waals surface area contributed by atoms with Gasteiger partial charge in [-0.3, -0.25) is 10.0 Å². The Hall–Kier alpha value is -2.86. The molecule has 9 nitrogen and oxygen atoms in total. The van der Waals surface area contributed by atoms with Crippen LogP contribution in [-0.2, 0) is 21.2 Å². The zero-order valence-corrected chi connectivity index (χ0v) is 21.8. The highest BCUT2D eigenvalue weighted by Gasteiger charge is 2.50. The summed E-state index contributed by atoms with van der Waals surface area (Å²) in [7, 11) is -4.16. The number of aromatic nitrogens is 2. The molecule has 0 aliphatic rings. The van der Waals surface area contributed by atoms with Gasteiger partial charge in [-0.1, -0.05) is 43.7 Å². The number of ether oxygens (including phenoxy) is 1. The largest absolute Gasteiger partial charge is 0.494 e. The summed E-state index contributed by atoms with van der Waals surface area (Å²) < 4.78 is 33.9. The molecule has 2 unspecified atom stereocenters. The average molecular weight is 534 g/mol. The Labute approximate surface area is 215 Å². The fourth-order valence-corrected chi connectivity index (χ4v) is 6.48. The van der Waals surface area contributed by atoms with E-state index in [1.165, 1.54) is 35.9 Å². The van der Waals surface area contributed by atoms with E-state index in [0.29, 0.717) is 24.7 Å². The number of hydrogen-bond acceptors (Lipinski definition) is 8. The molecule has 0 saturated heterocycles. The molecule has 36 heavy (non-hydrogen) atoms. The molecular formula is C25H31N3O6S2. The van der Waals surface area contributed by atoms with Crippen molar-refractivity contribution >= 4 is 27.5 Å². The molecule has 0 radical (unpaired) electrons. The highest BCUT2D eigenvalue weighted by Crippen LogP contribution is 2.39. The van der Waals surface area contributed by atoms with Crippen molar-refractivity contribution in [3.05, 3.63) is 78.4 Å². The Morgan fingerprint density at radius 3 is 2.50 bits per heavy atom. The number of unbranched alkanes of at least 4 members (excludes halogenated alkanes) is 1. The van der Waals surface area contributed by atoms with E-state index >= 15 is 0 Å². The molecule has 1 heterocycles. The van der Waals surface area contributed by atoms with Crippen molar-refractivity contribution in [3.8, 4) is 5.75 Å². The zero-order valence-electron chi connectivity index (χ0n) is 20.2. The van der Waals surface area contributed by atoms with Gasteiger partial charge in [-0.2, -0.15) is 11.8 Å². The summed E-state index contributed by atoms with van der Waals surface area (Å²) in [5.74, 6) is -1.38. The fraction of sp³-hybridized carbons (Fsp3) is 0.360. The van der Waals surface area contributed by atoms with Gasteiger partial charge in [0.05, 0.1) is 17.3 Å². The van der Waals surface area contributed by atoms with Crippen LogP contribution in [0.4, 0.5) is 0 Å². The number of hydrogen-bond donors (Lipinski definition) is 3. The van der Waals surface area contributed by atoms with Crippen molar-refractivity contribution in [1.29, 1.82) is 0 Å². The topological polar surface area (TPSA) is 131 Å². The summed E-state index contributed by atoms with van der Waals surface area (Å²) in [6.07, 6.45) is 6.69. The Morgan fingerprint density at radius 1 is 1.19 bits per heavy atom. The van der Waals surface area contributed by atoms with Crippen LogP contribution < -0.4 is 10.2 Å². The van der Waals surface area contributed by atoms with Gasteiger partial charge in [0, 0.05) is 18.9 Å². The third-order valence-electron chi connectivity index (χ3n) is 5.70. The van der Waals surface area contributed by atoms with E-state index in [1.54, 1.807) is 17.0 Å². The second kappa shape index (κ2) is 12.4. The average Bonchev–Trinajstić information content (AvgIpc) is 3.32. The molecule has 3 N–H and O–H groups in total. The van der Waals surface area contributed by atoms with Gasteiger partial charge in [0.25, 0.3) is 5.91 Å². The van der Waals surface area contributed by atoms with Gasteiger partial charge in [0.1, 0.15) is 16.8 Å². The van der Waals surface area contributed by atoms with Gasteiger partial charge in [0.15, 0.2) is 15.4 Å². The molecule has 2 atom stereocenters. The lowest BCUT2D eigenvalue weighted by Crippen LogP contribution is -2.54. The summed E-state index contributed by atoms with van der Waals surface area (Å²) in [6.45, 7) is 2.96. The third-order valence-corrected chi connectivity index (χ3v) is 8.58. The number of rotatable bonds is 13. The first-order chi connectivity index (χ1) is 17.2. The summed E-state index contributed by atoms with van der Waals surface area (Å²) in [5.41, 5.74) is -0.126. The number of amides is 1. The predicted molar refractivity (Wildman–Crippen MR) is 138 cm³/mol. The summed E-state index contributed by atoms with van der Waals surface area (Å²) in [6, 6.07) is 15.3. The molecule has 11 heteroatoms. The smallest absolute Gasteiger partial charge is 0.277 e. The molecular weight excluding hydrogens is 502 g/mol. The number of carbonyl (C=O) groups is 1. The minimum Gasteiger partial charge on any atom is -0.494 e. The van der Waals surface area contributed by atoms with Crippen LogP contribution in [-0.4, -0.2) is 58.4 Å². The minimum atomic E-state index is -4.16. The van der Waals surface area contributed by atoms with E-state index in [-0.39, 0.29) is 4.90 Å². The molecule has 0 fully saturated rings. The second-order valence-corrected chi connectivity index (χ2v) is 11.2. The normalized spacial score (nSPS) is 14.1. The van der Waals surface area contributed by atoms with Gasteiger partial charge < -0.3 is 14.4 Å². The first-order valence-electron chi connectivity index (χ1n) is 11.5. The van der Waals surface area contributed by atoms with E-state index in [1.807, 2.05) is 37.3 Å². The molecule has 194 valence electrons. The van der Waals surface area contributed by atoms with Crippen molar-refractivity contribution in [2.24, 2.45) is 0 Å². The van der Waals surface area contributed by atoms with E-state index in [0.717, 1.165) is 30.2 Å². The van der Waals surface area contributed by atoms with Crippen molar-refractivity contribution in [2.45, 2.75) is 42.1 Å². The van der Waals surface area contributed by atoms with Crippen LogP contribution in [0.2, 0.25) is 0 Å². The zero-order chi connectivity index (χ0) is 26.2. The van der Waals surface area contributed by atoms with Crippen molar-refractivity contribution < 1.29 is 28.3 Å². The third kappa shape index (κ3) is 6.47. The maximum atomic E-state index is 13.3. The molecule has 0 spiro atoms. The Morgan fingerprint density at radius 2 is 1.89 bits per heavy atom. The van der Waals surface area contributed by atoms with Gasteiger partial charge in [0.2, 0.25) is 0 Å². The molecule has 0 aliphatic heterocycles. The lowest BCUT2D eigenvalue weighted by atomic mass is 10.00. The summed E-state index contributed by atoms with van der Waals surface area (Å²) in [5, 5.41) is 19.9. The van der Waals surface area contributed by atoms with Crippen LogP contribution in [0.15, 0.2) is 71.9 Å². The molecule has 0 bridgehead atoms. The lowest BCUT2D eigenvalue weighted by Gasteiger charge is -2.32. The number of benzene rings is 2. The monoisotopic (exact) mass is 533 g/mol.